The Hall–Kier alpha value is -0.570. The van der Waals surface area contributed by atoms with Crippen molar-refractivity contribution in [1.82, 2.24) is 0 Å². The van der Waals surface area contributed by atoms with Crippen molar-refractivity contribution < 1.29 is 9.90 Å². The molecule has 0 bridgehead atoms. The maximum Gasteiger partial charge on any atom is 0.303 e. The van der Waals surface area contributed by atoms with Crippen LogP contribution in [0.2, 0.25) is 0 Å². The molecule has 0 saturated heterocycles. The van der Waals surface area contributed by atoms with Gasteiger partial charge in [0.1, 0.15) is 0 Å². The van der Waals surface area contributed by atoms with Crippen molar-refractivity contribution in [3.8, 4) is 0 Å². The molecule has 1 aliphatic rings. The summed E-state index contributed by atoms with van der Waals surface area (Å²) >= 11 is 0. The first-order valence-corrected chi connectivity index (χ1v) is 4.57. The molecule has 1 aliphatic carbocycles. The van der Waals surface area contributed by atoms with Gasteiger partial charge in [-0.1, -0.05) is 6.92 Å². The molecule has 3 N–H and O–H groups in total. The second kappa shape index (κ2) is 3.90. The van der Waals surface area contributed by atoms with Crippen LogP contribution in [0.3, 0.4) is 0 Å². The average molecular weight is 171 g/mol. The first kappa shape index (κ1) is 9.52. The number of carboxylic acids is 1. The highest BCUT2D eigenvalue weighted by molar-refractivity contribution is 5.67. The van der Waals surface area contributed by atoms with Gasteiger partial charge in [-0.05, 0) is 31.1 Å². The van der Waals surface area contributed by atoms with Gasteiger partial charge < -0.3 is 10.8 Å². The predicted molar refractivity (Wildman–Crippen MR) is 46.7 cm³/mol. The normalized spacial score (nSPS) is 36.3. The lowest BCUT2D eigenvalue weighted by atomic mass is 9.78. The number of aliphatic carboxylic acids is 1. The van der Waals surface area contributed by atoms with Crippen LogP contribution in [0.25, 0.3) is 0 Å². The molecule has 0 aromatic heterocycles. The molecule has 3 heteroatoms. The van der Waals surface area contributed by atoms with Crippen LogP contribution in [0.1, 0.15) is 32.6 Å². The minimum atomic E-state index is -0.718. The molecular formula is C9H17NO2. The Morgan fingerprint density at radius 3 is 2.83 bits per heavy atom. The molecule has 1 fully saturated rings. The number of hydrogen-bond acceptors (Lipinski definition) is 2. The molecular weight excluding hydrogens is 154 g/mol. The number of carbonyl (C=O) groups is 1. The largest absolute Gasteiger partial charge is 0.481 e. The van der Waals surface area contributed by atoms with Crippen LogP contribution >= 0.6 is 0 Å². The molecule has 3 atom stereocenters. The Labute approximate surface area is 72.9 Å². The van der Waals surface area contributed by atoms with Gasteiger partial charge in [0.15, 0.2) is 0 Å². The van der Waals surface area contributed by atoms with E-state index in [4.69, 9.17) is 10.8 Å². The summed E-state index contributed by atoms with van der Waals surface area (Å²) in [5.41, 5.74) is 5.83. The Balaban J connectivity index is 2.43. The zero-order chi connectivity index (χ0) is 9.14. The van der Waals surface area contributed by atoms with E-state index >= 15 is 0 Å². The SMILES string of the molecule is CC1CCC(N)C(CC(=O)O)C1. The molecule has 3 unspecified atom stereocenters. The van der Waals surface area contributed by atoms with Gasteiger partial charge in [-0.2, -0.15) is 0 Å². The molecule has 0 aromatic rings. The zero-order valence-electron chi connectivity index (χ0n) is 7.49. The van der Waals surface area contributed by atoms with Crippen LogP contribution < -0.4 is 5.73 Å². The molecule has 0 radical (unpaired) electrons. The van der Waals surface area contributed by atoms with Crippen LogP contribution in [-0.4, -0.2) is 17.1 Å². The third-order valence-corrected chi connectivity index (χ3v) is 2.74. The monoisotopic (exact) mass is 171 g/mol. The summed E-state index contributed by atoms with van der Waals surface area (Å²) < 4.78 is 0. The van der Waals surface area contributed by atoms with Gasteiger partial charge in [-0.15, -0.1) is 0 Å². The van der Waals surface area contributed by atoms with Crippen molar-refractivity contribution in [1.29, 1.82) is 0 Å². The summed E-state index contributed by atoms with van der Waals surface area (Å²) in [5.74, 6) is 0.130. The first-order valence-electron chi connectivity index (χ1n) is 4.57. The van der Waals surface area contributed by atoms with E-state index in [0.29, 0.717) is 5.92 Å². The summed E-state index contributed by atoms with van der Waals surface area (Å²) in [7, 11) is 0. The van der Waals surface area contributed by atoms with Crippen molar-refractivity contribution in [2.45, 2.75) is 38.6 Å². The van der Waals surface area contributed by atoms with Crippen LogP contribution in [0, 0.1) is 11.8 Å². The van der Waals surface area contributed by atoms with E-state index in [-0.39, 0.29) is 18.4 Å². The van der Waals surface area contributed by atoms with Gasteiger partial charge in [0.2, 0.25) is 0 Å². The highest BCUT2D eigenvalue weighted by atomic mass is 16.4. The Morgan fingerprint density at radius 2 is 2.25 bits per heavy atom. The molecule has 0 aromatic carbocycles. The number of hydrogen-bond donors (Lipinski definition) is 2. The quantitative estimate of drug-likeness (QED) is 0.656. The topological polar surface area (TPSA) is 63.3 Å². The second-order valence-electron chi connectivity index (χ2n) is 3.94. The Kier molecular flexibility index (Phi) is 3.09. The fraction of sp³-hybridized carbons (Fsp3) is 0.889. The van der Waals surface area contributed by atoms with Gasteiger partial charge in [0.05, 0.1) is 0 Å². The lowest BCUT2D eigenvalue weighted by Crippen LogP contribution is -2.36. The van der Waals surface area contributed by atoms with E-state index < -0.39 is 5.97 Å². The minimum absolute atomic E-state index is 0.109. The first-order chi connectivity index (χ1) is 5.59. The van der Waals surface area contributed by atoms with Crippen LogP contribution in [-0.2, 0) is 4.79 Å². The Morgan fingerprint density at radius 1 is 1.58 bits per heavy atom. The fourth-order valence-corrected chi connectivity index (χ4v) is 1.98. The fourth-order valence-electron chi connectivity index (χ4n) is 1.98. The van der Waals surface area contributed by atoms with Crippen LogP contribution in [0.5, 0.6) is 0 Å². The zero-order valence-corrected chi connectivity index (χ0v) is 7.49. The van der Waals surface area contributed by atoms with Gasteiger partial charge in [-0.25, -0.2) is 0 Å². The van der Waals surface area contributed by atoms with Crippen LogP contribution in [0.15, 0.2) is 0 Å². The maximum absolute atomic E-state index is 10.5. The molecule has 0 amide bonds. The van der Waals surface area contributed by atoms with Gasteiger partial charge in [0, 0.05) is 12.5 Å². The summed E-state index contributed by atoms with van der Waals surface area (Å²) in [4.78, 5) is 10.5. The average Bonchev–Trinajstić information content (AvgIpc) is 1.96. The predicted octanol–water partition coefficient (Wildman–Crippen LogP) is 1.22. The van der Waals surface area contributed by atoms with E-state index in [1.54, 1.807) is 0 Å². The summed E-state index contributed by atoms with van der Waals surface area (Å²) in [6.45, 7) is 2.17. The summed E-state index contributed by atoms with van der Waals surface area (Å²) in [6, 6.07) is 0.109. The summed E-state index contributed by atoms with van der Waals surface area (Å²) in [5, 5.41) is 8.61. The van der Waals surface area contributed by atoms with Gasteiger partial charge in [-0.3, -0.25) is 4.79 Å². The molecule has 0 heterocycles. The van der Waals surface area contributed by atoms with E-state index in [1.165, 1.54) is 0 Å². The van der Waals surface area contributed by atoms with Gasteiger partial charge in [0.25, 0.3) is 0 Å². The molecule has 0 aliphatic heterocycles. The molecule has 0 spiro atoms. The third-order valence-electron chi connectivity index (χ3n) is 2.74. The third kappa shape index (κ3) is 2.48. The number of rotatable bonds is 2. The molecule has 70 valence electrons. The van der Waals surface area contributed by atoms with Crippen molar-refractivity contribution in [3.05, 3.63) is 0 Å². The minimum Gasteiger partial charge on any atom is -0.481 e. The lowest BCUT2D eigenvalue weighted by Gasteiger charge is -2.31. The van der Waals surface area contributed by atoms with Crippen molar-refractivity contribution in [2.24, 2.45) is 17.6 Å². The van der Waals surface area contributed by atoms with Crippen molar-refractivity contribution in [3.63, 3.8) is 0 Å². The van der Waals surface area contributed by atoms with E-state index in [1.807, 2.05) is 0 Å². The molecule has 1 rings (SSSR count). The summed E-state index contributed by atoms with van der Waals surface area (Å²) in [6.07, 6.45) is 3.36. The highest BCUT2D eigenvalue weighted by Crippen LogP contribution is 2.29. The molecule has 3 nitrogen and oxygen atoms in total. The number of nitrogens with two attached hydrogens (primary N) is 1. The second-order valence-corrected chi connectivity index (χ2v) is 3.94. The molecule has 1 saturated carbocycles. The van der Waals surface area contributed by atoms with Crippen LogP contribution in [0.4, 0.5) is 0 Å². The maximum atomic E-state index is 10.5. The highest BCUT2D eigenvalue weighted by Gasteiger charge is 2.27. The van der Waals surface area contributed by atoms with E-state index in [9.17, 15) is 4.79 Å². The lowest BCUT2D eigenvalue weighted by molar-refractivity contribution is -0.138. The van der Waals surface area contributed by atoms with Gasteiger partial charge >= 0.3 is 5.97 Å². The standard InChI is InChI=1S/C9H17NO2/c1-6-2-3-8(10)7(4-6)5-9(11)12/h6-8H,2-5,10H2,1H3,(H,11,12). The number of carboxylic acid groups (broad SMARTS) is 1. The van der Waals surface area contributed by atoms with Crippen molar-refractivity contribution in [2.75, 3.05) is 0 Å². The smallest absolute Gasteiger partial charge is 0.303 e. The van der Waals surface area contributed by atoms with E-state index in [2.05, 4.69) is 6.92 Å². The molecule has 12 heavy (non-hydrogen) atoms. The van der Waals surface area contributed by atoms with E-state index in [0.717, 1.165) is 19.3 Å². The Bertz CT molecular complexity index is 170. The van der Waals surface area contributed by atoms with Crippen molar-refractivity contribution >= 4 is 5.97 Å².